The average Bonchev–Trinajstić information content (AvgIpc) is 2.04. The molecule has 0 aliphatic rings. The SMILES string of the molecule is C=CC(=O)NCOCCCO. The van der Waals surface area contributed by atoms with Crippen molar-refractivity contribution >= 4 is 5.91 Å². The van der Waals surface area contributed by atoms with Crippen molar-refractivity contribution in [3.63, 3.8) is 0 Å². The predicted molar refractivity (Wildman–Crippen MR) is 40.9 cm³/mol. The van der Waals surface area contributed by atoms with Crippen LogP contribution < -0.4 is 5.32 Å². The third-order valence-electron chi connectivity index (χ3n) is 0.981. The number of amides is 1. The maximum absolute atomic E-state index is 10.5. The number of nitrogens with one attached hydrogen (secondary N) is 1. The molecule has 2 N–H and O–H groups in total. The van der Waals surface area contributed by atoms with Crippen molar-refractivity contribution in [2.24, 2.45) is 0 Å². The second kappa shape index (κ2) is 7.24. The Kier molecular flexibility index (Phi) is 6.67. The van der Waals surface area contributed by atoms with Crippen LogP contribution in [0.4, 0.5) is 0 Å². The van der Waals surface area contributed by atoms with E-state index < -0.39 is 0 Å². The molecule has 11 heavy (non-hydrogen) atoms. The largest absolute Gasteiger partial charge is 0.396 e. The summed E-state index contributed by atoms with van der Waals surface area (Å²) >= 11 is 0. The lowest BCUT2D eigenvalue weighted by Crippen LogP contribution is -2.24. The van der Waals surface area contributed by atoms with E-state index in [4.69, 9.17) is 9.84 Å². The normalized spacial score (nSPS) is 9.18. The highest BCUT2D eigenvalue weighted by Gasteiger charge is 1.90. The van der Waals surface area contributed by atoms with E-state index in [9.17, 15) is 4.79 Å². The number of aliphatic hydroxyl groups is 1. The van der Waals surface area contributed by atoms with Gasteiger partial charge in [-0.2, -0.15) is 0 Å². The van der Waals surface area contributed by atoms with Crippen LogP contribution >= 0.6 is 0 Å². The Morgan fingerprint density at radius 3 is 3.00 bits per heavy atom. The van der Waals surface area contributed by atoms with Gasteiger partial charge in [0, 0.05) is 6.61 Å². The van der Waals surface area contributed by atoms with Gasteiger partial charge in [-0.1, -0.05) is 6.58 Å². The Balaban J connectivity index is 3.01. The first-order chi connectivity index (χ1) is 5.31. The van der Waals surface area contributed by atoms with Crippen molar-refractivity contribution in [3.8, 4) is 0 Å². The third kappa shape index (κ3) is 7.02. The van der Waals surface area contributed by atoms with Crippen molar-refractivity contribution in [2.75, 3.05) is 19.9 Å². The van der Waals surface area contributed by atoms with Gasteiger partial charge in [-0.05, 0) is 12.5 Å². The predicted octanol–water partition coefficient (Wildman–Crippen LogP) is -0.355. The molecule has 64 valence electrons. The highest BCUT2D eigenvalue weighted by atomic mass is 16.5. The molecule has 0 atom stereocenters. The van der Waals surface area contributed by atoms with E-state index in [2.05, 4.69) is 11.9 Å². The fourth-order valence-electron chi connectivity index (χ4n) is 0.433. The Hall–Kier alpha value is -0.870. The number of aliphatic hydroxyl groups excluding tert-OH is 1. The summed E-state index contributed by atoms with van der Waals surface area (Å²) < 4.78 is 4.91. The fraction of sp³-hybridized carbons (Fsp3) is 0.571. The Labute approximate surface area is 65.9 Å². The molecule has 0 saturated heterocycles. The molecule has 0 bridgehead atoms. The van der Waals surface area contributed by atoms with Crippen LogP contribution in [0.3, 0.4) is 0 Å². The number of rotatable bonds is 6. The molecule has 0 unspecified atom stereocenters. The van der Waals surface area contributed by atoms with Gasteiger partial charge < -0.3 is 15.2 Å². The van der Waals surface area contributed by atoms with Gasteiger partial charge in [0.15, 0.2) is 0 Å². The Morgan fingerprint density at radius 2 is 2.45 bits per heavy atom. The minimum atomic E-state index is -0.256. The van der Waals surface area contributed by atoms with Crippen molar-refractivity contribution in [1.82, 2.24) is 5.32 Å². The Bertz CT molecular complexity index is 125. The molecule has 0 saturated carbocycles. The van der Waals surface area contributed by atoms with Crippen LogP contribution in [-0.4, -0.2) is 31.0 Å². The van der Waals surface area contributed by atoms with Crippen molar-refractivity contribution in [3.05, 3.63) is 12.7 Å². The van der Waals surface area contributed by atoms with E-state index in [1.807, 2.05) is 0 Å². The quantitative estimate of drug-likeness (QED) is 0.316. The third-order valence-corrected chi connectivity index (χ3v) is 0.981. The molecule has 0 aliphatic heterocycles. The number of hydrogen-bond donors (Lipinski definition) is 2. The highest BCUT2D eigenvalue weighted by Crippen LogP contribution is 1.78. The van der Waals surface area contributed by atoms with Gasteiger partial charge in [-0.25, -0.2) is 0 Å². The zero-order chi connectivity index (χ0) is 8.53. The molecule has 0 radical (unpaired) electrons. The van der Waals surface area contributed by atoms with Crippen LogP contribution in [0, 0.1) is 0 Å². The van der Waals surface area contributed by atoms with Crippen LogP contribution in [0.1, 0.15) is 6.42 Å². The summed E-state index contributed by atoms with van der Waals surface area (Å²) in [6.45, 7) is 4.00. The molecule has 0 fully saturated rings. The van der Waals surface area contributed by atoms with Crippen molar-refractivity contribution in [2.45, 2.75) is 6.42 Å². The molecular formula is C7H13NO3. The average molecular weight is 159 g/mol. The topological polar surface area (TPSA) is 58.6 Å². The number of hydrogen-bond acceptors (Lipinski definition) is 3. The molecule has 0 heterocycles. The fourth-order valence-corrected chi connectivity index (χ4v) is 0.433. The van der Waals surface area contributed by atoms with Crippen LogP contribution in [0.15, 0.2) is 12.7 Å². The van der Waals surface area contributed by atoms with Crippen LogP contribution in [-0.2, 0) is 9.53 Å². The van der Waals surface area contributed by atoms with Gasteiger partial charge in [-0.15, -0.1) is 0 Å². The van der Waals surface area contributed by atoms with E-state index in [-0.39, 0.29) is 19.2 Å². The molecule has 4 nitrogen and oxygen atoms in total. The van der Waals surface area contributed by atoms with Gasteiger partial charge >= 0.3 is 0 Å². The highest BCUT2D eigenvalue weighted by molar-refractivity contribution is 5.86. The van der Waals surface area contributed by atoms with Crippen LogP contribution in [0.25, 0.3) is 0 Å². The van der Waals surface area contributed by atoms with Gasteiger partial charge in [0.05, 0.1) is 6.61 Å². The van der Waals surface area contributed by atoms with E-state index in [1.54, 1.807) is 0 Å². The molecular weight excluding hydrogens is 146 g/mol. The summed E-state index contributed by atoms with van der Waals surface area (Å²) in [7, 11) is 0. The first kappa shape index (κ1) is 10.1. The zero-order valence-corrected chi connectivity index (χ0v) is 6.38. The monoisotopic (exact) mass is 159 g/mol. The zero-order valence-electron chi connectivity index (χ0n) is 6.38. The lowest BCUT2D eigenvalue weighted by Gasteiger charge is -2.02. The van der Waals surface area contributed by atoms with Crippen LogP contribution in [0.2, 0.25) is 0 Å². The van der Waals surface area contributed by atoms with E-state index in [1.165, 1.54) is 6.08 Å². The van der Waals surface area contributed by atoms with Gasteiger partial charge in [0.25, 0.3) is 0 Å². The van der Waals surface area contributed by atoms with Gasteiger partial charge in [0.1, 0.15) is 6.73 Å². The van der Waals surface area contributed by atoms with Gasteiger partial charge in [-0.3, -0.25) is 4.79 Å². The Morgan fingerprint density at radius 1 is 1.73 bits per heavy atom. The maximum Gasteiger partial charge on any atom is 0.245 e. The number of ether oxygens (including phenoxy) is 1. The van der Waals surface area contributed by atoms with Crippen LogP contribution in [0.5, 0.6) is 0 Å². The molecule has 0 aliphatic carbocycles. The maximum atomic E-state index is 10.5. The summed E-state index contributed by atoms with van der Waals surface area (Å²) in [6.07, 6.45) is 1.76. The van der Waals surface area contributed by atoms with E-state index in [0.29, 0.717) is 13.0 Å². The summed E-state index contributed by atoms with van der Waals surface area (Å²) in [5.41, 5.74) is 0. The summed E-state index contributed by atoms with van der Waals surface area (Å²) in [4.78, 5) is 10.5. The molecule has 0 aromatic rings. The number of carbonyl (C=O) groups excluding carboxylic acids is 1. The van der Waals surface area contributed by atoms with Gasteiger partial charge in [0.2, 0.25) is 5.91 Å². The second-order valence-corrected chi connectivity index (χ2v) is 1.87. The minimum Gasteiger partial charge on any atom is -0.396 e. The first-order valence-electron chi connectivity index (χ1n) is 3.40. The molecule has 1 amide bonds. The lowest BCUT2D eigenvalue weighted by atomic mass is 10.5. The number of carbonyl (C=O) groups is 1. The molecule has 0 aromatic carbocycles. The molecule has 0 rings (SSSR count). The lowest BCUT2D eigenvalue weighted by molar-refractivity contribution is -0.118. The first-order valence-corrected chi connectivity index (χ1v) is 3.40. The smallest absolute Gasteiger partial charge is 0.245 e. The van der Waals surface area contributed by atoms with Crippen molar-refractivity contribution in [1.29, 1.82) is 0 Å². The second-order valence-electron chi connectivity index (χ2n) is 1.87. The minimum absolute atomic E-state index is 0.107. The molecule has 4 heteroatoms. The standard InChI is InChI=1S/C7H13NO3/c1-2-7(10)8-6-11-5-3-4-9/h2,9H,1,3-6H2,(H,8,10). The van der Waals surface area contributed by atoms with E-state index >= 15 is 0 Å². The molecule has 0 spiro atoms. The summed E-state index contributed by atoms with van der Waals surface area (Å²) in [5.74, 6) is -0.256. The van der Waals surface area contributed by atoms with Crippen molar-refractivity contribution < 1.29 is 14.6 Å². The summed E-state index contributed by atoms with van der Waals surface area (Å²) in [5, 5.41) is 10.8. The summed E-state index contributed by atoms with van der Waals surface area (Å²) in [6, 6.07) is 0. The van der Waals surface area contributed by atoms with E-state index in [0.717, 1.165) is 0 Å². The molecule has 0 aromatic heterocycles.